The standard InChI is InChI=1S/C6H4Cl2N4.C2H6/c1-2-3-4(7)9-6(8)10-5(3)12-11-2;1-2/h1H3,(H,9,10,11,12);1-2H3. The van der Waals surface area contributed by atoms with Gasteiger partial charge in [0.1, 0.15) is 5.15 Å². The van der Waals surface area contributed by atoms with Gasteiger partial charge in [-0.2, -0.15) is 10.1 Å². The molecule has 4 nitrogen and oxygen atoms in total. The van der Waals surface area contributed by atoms with E-state index in [9.17, 15) is 0 Å². The van der Waals surface area contributed by atoms with Crippen molar-refractivity contribution in [1.82, 2.24) is 20.2 Å². The molecule has 2 aromatic rings. The van der Waals surface area contributed by atoms with E-state index >= 15 is 0 Å². The number of aromatic nitrogens is 4. The Morgan fingerprint density at radius 1 is 1.14 bits per heavy atom. The summed E-state index contributed by atoms with van der Waals surface area (Å²) in [5.41, 5.74) is 1.34. The van der Waals surface area contributed by atoms with Gasteiger partial charge in [-0.15, -0.1) is 0 Å². The lowest BCUT2D eigenvalue weighted by Gasteiger charge is -1.92. The van der Waals surface area contributed by atoms with Gasteiger partial charge < -0.3 is 0 Å². The Balaban J connectivity index is 0.000000461. The third-order valence-electron chi connectivity index (χ3n) is 1.52. The molecular formula is C8H10Cl2N4. The highest BCUT2D eigenvalue weighted by Crippen LogP contribution is 2.22. The van der Waals surface area contributed by atoms with Crippen LogP contribution in [0.5, 0.6) is 0 Å². The molecule has 76 valence electrons. The summed E-state index contributed by atoms with van der Waals surface area (Å²) in [6, 6.07) is 0. The first-order valence-corrected chi connectivity index (χ1v) is 4.98. The van der Waals surface area contributed by atoms with Crippen LogP contribution in [0.3, 0.4) is 0 Å². The number of nitrogens with one attached hydrogen (secondary N) is 1. The summed E-state index contributed by atoms with van der Waals surface area (Å²) in [6.07, 6.45) is 0. The van der Waals surface area contributed by atoms with Crippen molar-refractivity contribution in [3.8, 4) is 0 Å². The molecule has 0 radical (unpaired) electrons. The van der Waals surface area contributed by atoms with Crippen LogP contribution in [0, 0.1) is 6.92 Å². The first-order valence-electron chi connectivity index (χ1n) is 4.22. The summed E-state index contributed by atoms with van der Waals surface area (Å²) in [5, 5.41) is 7.81. The number of aryl methyl sites for hydroxylation is 1. The molecule has 0 spiro atoms. The van der Waals surface area contributed by atoms with E-state index in [4.69, 9.17) is 23.2 Å². The van der Waals surface area contributed by atoms with Crippen LogP contribution in [0.25, 0.3) is 11.0 Å². The predicted octanol–water partition coefficient (Wildman–Crippen LogP) is 2.99. The van der Waals surface area contributed by atoms with E-state index in [1.807, 2.05) is 20.8 Å². The van der Waals surface area contributed by atoms with Crippen LogP contribution in [-0.2, 0) is 0 Å². The fourth-order valence-corrected chi connectivity index (χ4v) is 1.51. The van der Waals surface area contributed by atoms with Crippen molar-refractivity contribution in [2.75, 3.05) is 0 Å². The van der Waals surface area contributed by atoms with Gasteiger partial charge in [-0.3, -0.25) is 5.10 Å². The molecular weight excluding hydrogens is 223 g/mol. The predicted molar refractivity (Wildman–Crippen MR) is 57.8 cm³/mol. The van der Waals surface area contributed by atoms with Gasteiger partial charge in [0.2, 0.25) is 5.28 Å². The Kier molecular flexibility index (Phi) is 3.66. The highest BCUT2D eigenvalue weighted by molar-refractivity contribution is 6.35. The third-order valence-corrected chi connectivity index (χ3v) is 1.97. The van der Waals surface area contributed by atoms with E-state index in [2.05, 4.69) is 20.2 Å². The molecule has 0 unspecified atom stereocenters. The lowest BCUT2D eigenvalue weighted by Crippen LogP contribution is -1.84. The van der Waals surface area contributed by atoms with Gasteiger partial charge in [0.15, 0.2) is 5.65 Å². The van der Waals surface area contributed by atoms with Gasteiger partial charge in [-0.05, 0) is 18.5 Å². The minimum Gasteiger partial charge on any atom is -0.280 e. The zero-order valence-electron chi connectivity index (χ0n) is 8.10. The maximum Gasteiger partial charge on any atom is 0.225 e. The highest BCUT2D eigenvalue weighted by atomic mass is 35.5. The summed E-state index contributed by atoms with van der Waals surface area (Å²) >= 11 is 11.4. The fourth-order valence-electron chi connectivity index (χ4n) is 0.993. The Morgan fingerprint density at radius 3 is 2.43 bits per heavy atom. The second-order valence-corrected chi connectivity index (χ2v) is 3.03. The van der Waals surface area contributed by atoms with E-state index in [0.29, 0.717) is 10.8 Å². The Morgan fingerprint density at radius 2 is 1.79 bits per heavy atom. The molecule has 0 amide bonds. The van der Waals surface area contributed by atoms with Gasteiger partial charge in [-0.1, -0.05) is 25.4 Å². The Bertz CT molecular complexity index is 438. The lowest BCUT2D eigenvalue weighted by molar-refractivity contribution is 1.05. The molecule has 0 saturated heterocycles. The SMILES string of the molecule is CC.Cc1[nH]nc2nc(Cl)nc(Cl)c12. The summed E-state index contributed by atoms with van der Waals surface area (Å²) in [4.78, 5) is 7.68. The topological polar surface area (TPSA) is 54.5 Å². The molecule has 0 fully saturated rings. The van der Waals surface area contributed by atoms with Crippen molar-refractivity contribution in [1.29, 1.82) is 0 Å². The second-order valence-electron chi connectivity index (χ2n) is 2.33. The number of hydrogen-bond donors (Lipinski definition) is 1. The maximum atomic E-state index is 5.81. The summed E-state index contributed by atoms with van der Waals surface area (Å²) in [6.45, 7) is 5.85. The van der Waals surface area contributed by atoms with Gasteiger partial charge >= 0.3 is 0 Å². The third kappa shape index (κ3) is 1.96. The first-order chi connectivity index (χ1) is 6.68. The monoisotopic (exact) mass is 232 g/mol. The molecule has 0 saturated carbocycles. The number of hydrogen-bond acceptors (Lipinski definition) is 3. The molecule has 0 bridgehead atoms. The van der Waals surface area contributed by atoms with E-state index in [0.717, 1.165) is 11.1 Å². The van der Waals surface area contributed by atoms with Gasteiger partial charge in [0.05, 0.1) is 5.39 Å². The van der Waals surface area contributed by atoms with Crippen LogP contribution in [-0.4, -0.2) is 20.2 Å². The molecule has 0 aliphatic rings. The second kappa shape index (κ2) is 4.57. The minimum absolute atomic E-state index is 0.110. The Hall–Kier alpha value is -0.870. The molecule has 0 aromatic carbocycles. The van der Waals surface area contributed by atoms with Crippen LogP contribution >= 0.6 is 23.2 Å². The van der Waals surface area contributed by atoms with Gasteiger partial charge in [0, 0.05) is 5.69 Å². The van der Waals surface area contributed by atoms with Crippen LogP contribution in [0.15, 0.2) is 0 Å². The summed E-state index contributed by atoms with van der Waals surface area (Å²) in [7, 11) is 0. The average molecular weight is 233 g/mol. The molecule has 1 N–H and O–H groups in total. The normalized spacial score (nSPS) is 9.79. The van der Waals surface area contributed by atoms with Crippen LogP contribution in [0.2, 0.25) is 10.4 Å². The first kappa shape index (κ1) is 11.2. The smallest absolute Gasteiger partial charge is 0.225 e. The maximum absolute atomic E-state index is 5.81. The average Bonchev–Trinajstić information content (AvgIpc) is 2.51. The van der Waals surface area contributed by atoms with Crippen molar-refractivity contribution >= 4 is 34.2 Å². The molecule has 6 heteroatoms. The van der Waals surface area contributed by atoms with Gasteiger partial charge in [0.25, 0.3) is 0 Å². The highest BCUT2D eigenvalue weighted by Gasteiger charge is 2.09. The zero-order valence-corrected chi connectivity index (χ0v) is 9.61. The number of rotatable bonds is 0. The van der Waals surface area contributed by atoms with E-state index in [-0.39, 0.29) is 5.28 Å². The van der Waals surface area contributed by atoms with Crippen molar-refractivity contribution in [3.05, 3.63) is 16.1 Å². The molecule has 0 aliphatic carbocycles. The molecule has 0 aliphatic heterocycles. The molecule has 0 atom stereocenters. The van der Waals surface area contributed by atoms with Gasteiger partial charge in [-0.25, -0.2) is 4.98 Å². The van der Waals surface area contributed by atoms with Crippen LogP contribution in [0.4, 0.5) is 0 Å². The molecule has 14 heavy (non-hydrogen) atoms. The van der Waals surface area contributed by atoms with Crippen LogP contribution < -0.4 is 0 Å². The lowest BCUT2D eigenvalue weighted by atomic mass is 10.3. The number of aromatic amines is 1. The summed E-state index contributed by atoms with van der Waals surface area (Å²) < 4.78 is 0. The van der Waals surface area contributed by atoms with Crippen molar-refractivity contribution in [2.45, 2.75) is 20.8 Å². The minimum atomic E-state index is 0.110. The van der Waals surface area contributed by atoms with Crippen molar-refractivity contribution in [3.63, 3.8) is 0 Å². The van der Waals surface area contributed by atoms with E-state index in [1.54, 1.807) is 0 Å². The van der Waals surface area contributed by atoms with Crippen molar-refractivity contribution in [2.24, 2.45) is 0 Å². The van der Waals surface area contributed by atoms with E-state index < -0.39 is 0 Å². The fraction of sp³-hybridized carbons (Fsp3) is 0.375. The summed E-state index contributed by atoms with van der Waals surface area (Å²) in [5.74, 6) is 0. The molecule has 2 heterocycles. The number of halogens is 2. The molecule has 2 aromatic heterocycles. The Labute approximate surface area is 91.7 Å². The van der Waals surface area contributed by atoms with Crippen LogP contribution in [0.1, 0.15) is 19.5 Å². The molecule has 2 rings (SSSR count). The van der Waals surface area contributed by atoms with Crippen molar-refractivity contribution < 1.29 is 0 Å². The number of H-pyrrole nitrogens is 1. The number of nitrogens with zero attached hydrogens (tertiary/aromatic N) is 3. The van der Waals surface area contributed by atoms with E-state index in [1.165, 1.54) is 0 Å². The number of fused-ring (bicyclic) bond motifs is 1. The largest absolute Gasteiger partial charge is 0.280 e. The zero-order chi connectivity index (χ0) is 10.7. The quantitative estimate of drug-likeness (QED) is 0.562.